The van der Waals surface area contributed by atoms with Gasteiger partial charge in [0.1, 0.15) is 10.1 Å². The van der Waals surface area contributed by atoms with Crippen molar-refractivity contribution in [2.45, 2.75) is 108 Å². The monoisotopic (exact) mass is 404 g/mol. The maximum atomic E-state index is 11.1. The standard InChI is InChI=1S/C22H38O3S.Na/c1-3-5-7-8-9-10-11-12-13-15-20(14-6-4-2)21-16-18-22(19-17-21)26(23,24)25;/h16-20H,3-15H2,1-2H3,(H,23,24,25);/q;+1/p-1. The van der Waals surface area contributed by atoms with E-state index in [1.807, 2.05) is 12.1 Å². The van der Waals surface area contributed by atoms with Crippen molar-refractivity contribution >= 4 is 10.1 Å². The van der Waals surface area contributed by atoms with E-state index in [1.54, 1.807) is 0 Å². The summed E-state index contributed by atoms with van der Waals surface area (Å²) < 4.78 is 33.3. The maximum Gasteiger partial charge on any atom is 1.00 e. The van der Waals surface area contributed by atoms with Crippen LogP contribution in [0.4, 0.5) is 0 Å². The molecular formula is C22H37NaO3S. The molecule has 0 aromatic heterocycles. The summed E-state index contributed by atoms with van der Waals surface area (Å²) in [5.74, 6) is 0.475. The Labute approximate surface area is 189 Å². The molecule has 0 N–H and O–H groups in total. The van der Waals surface area contributed by atoms with Crippen molar-refractivity contribution in [2.75, 3.05) is 0 Å². The molecule has 0 heterocycles. The minimum atomic E-state index is -4.35. The van der Waals surface area contributed by atoms with Crippen LogP contribution in [-0.2, 0) is 10.1 Å². The van der Waals surface area contributed by atoms with Gasteiger partial charge in [-0.25, -0.2) is 8.42 Å². The molecule has 0 aliphatic rings. The van der Waals surface area contributed by atoms with E-state index in [2.05, 4.69) is 13.8 Å². The molecule has 27 heavy (non-hydrogen) atoms. The number of hydrogen-bond acceptors (Lipinski definition) is 3. The van der Waals surface area contributed by atoms with Crippen LogP contribution in [0.15, 0.2) is 29.2 Å². The third-order valence-electron chi connectivity index (χ3n) is 5.20. The summed E-state index contributed by atoms with van der Waals surface area (Å²) in [4.78, 5) is -0.126. The van der Waals surface area contributed by atoms with Crippen molar-refractivity contribution in [1.82, 2.24) is 0 Å². The molecule has 1 aromatic rings. The Balaban J connectivity index is 0.00000676. The van der Waals surface area contributed by atoms with Crippen LogP contribution in [0.1, 0.15) is 109 Å². The summed E-state index contributed by atoms with van der Waals surface area (Å²) in [6.45, 7) is 4.45. The molecule has 0 saturated carbocycles. The van der Waals surface area contributed by atoms with Gasteiger partial charge in [-0.3, -0.25) is 0 Å². The van der Waals surface area contributed by atoms with Crippen LogP contribution in [-0.4, -0.2) is 13.0 Å². The molecule has 150 valence electrons. The van der Waals surface area contributed by atoms with Gasteiger partial charge in [0.15, 0.2) is 0 Å². The molecule has 0 aliphatic carbocycles. The van der Waals surface area contributed by atoms with Crippen LogP contribution in [0.3, 0.4) is 0 Å². The van der Waals surface area contributed by atoms with Gasteiger partial charge in [0.2, 0.25) is 0 Å². The Morgan fingerprint density at radius 1 is 0.741 bits per heavy atom. The third kappa shape index (κ3) is 12.3. The summed E-state index contributed by atoms with van der Waals surface area (Å²) in [5.41, 5.74) is 1.17. The van der Waals surface area contributed by atoms with Crippen molar-refractivity contribution in [3.8, 4) is 0 Å². The Bertz CT molecular complexity index is 570. The molecule has 0 bridgehead atoms. The van der Waals surface area contributed by atoms with E-state index in [4.69, 9.17) is 0 Å². The summed E-state index contributed by atoms with van der Waals surface area (Å²) >= 11 is 0. The minimum Gasteiger partial charge on any atom is -0.744 e. The summed E-state index contributed by atoms with van der Waals surface area (Å²) in [6.07, 6.45) is 16.6. The fraction of sp³-hybridized carbons (Fsp3) is 0.727. The SMILES string of the molecule is CCCCCCCCCCCC(CCCC)c1ccc(S(=O)(=O)[O-])cc1.[Na+]. The van der Waals surface area contributed by atoms with Crippen LogP contribution < -0.4 is 29.6 Å². The van der Waals surface area contributed by atoms with E-state index in [9.17, 15) is 13.0 Å². The van der Waals surface area contributed by atoms with E-state index in [0.717, 1.165) is 12.8 Å². The van der Waals surface area contributed by atoms with Gasteiger partial charge in [0.05, 0.1) is 4.90 Å². The van der Waals surface area contributed by atoms with E-state index in [1.165, 1.54) is 88.3 Å². The Morgan fingerprint density at radius 2 is 1.19 bits per heavy atom. The second-order valence-corrected chi connectivity index (χ2v) is 8.86. The predicted molar refractivity (Wildman–Crippen MR) is 109 cm³/mol. The topological polar surface area (TPSA) is 57.2 Å². The molecule has 1 rings (SSSR count). The number of hydrogen-bond donors (Lipinski definition) is 0. The Hall–Kier alpha value is 0.130. The van der Waals surface area contributed by atoms with Crippen molar-refractivity contribution < 1.29 is 42.5 Å². The van der Waals surface area contributed by atoms with Crippen LogP contribution in [0.5, 0.6) is 0 Å². The second kappa shape index (κ2) is 16.0. The molecular weight excluding hydrogens is 367 g/mol. The molecule has 1 unspecified atom stereocenters. The molecule has 0 aliphatic heterocycles. The van der Waals surface area contributed by atoms with Crippen molar-refractivity contribution in [1.29, 1.82) is 0 Å². The summed E-state index contributed by atoms with van der Waals surface area (Å²) in [5, 5.41) is 0. The maximum absolute atomic E-state index is 11.1. The van der Waals surface area contributed by atoms with E-state index in [0.29, 0.717) is 5.92 Å². The van der Waals surface area contributed by atoms with Gasteiger partial charge in [-0.15, -0.1) is 0 Å². The van der Waals surface area contributed by atoms with Gasteiger partial charge in [-0.05, 0) is 36.5 Å². The molecule has 5 heteroatoms. The molecule has 0 spiro atoms. The van der Waals surface area contributed by atoms with Crippen molar-refractivity contribution in [3.05, 3.63) is 29.8 Å². The van der Waals surface area contributed by atoms with E-state index in [-0.39, 0.29) is 34.5 Å². The third-order valence-corrected chi connectivity index (χ3v) is 6.05. The molecule has 0 fully saturated rings. The zero-order valence-corrected chi connectivity index (χ0v) is 20.5. The van der Waals surface area contributed by atoms with Gasteiger partial charge in [-0.1, -0.05) is 96.6 Å². The van der Waals surface area contributed by atoms with Crippen molar-refractivity contribution in [3.63, 3.8) is 0 Å². The molecule has 1 atom stereocenters. The van der Waals surface area contributed by atoms with Crippen LogP contribution in [0.25, 0.3) is 0 Å². The Kier molecular flexibility index (Phi) is 16.1. The quantitative estimate of drug-likeness (QED) is 0.254. The normalized spacial score (nSPS) is 12.6. The number of rotatable bonds is 15. The largest absolute Gasteiger partial charge is 1.00 e. The van der Waals surface area contributed by atoms with Gasteiger partial charge >= 0.3 is 29.6 Å². The van der Waals surface area contributed by atoms with Gasteiger partial charge in [-0.2, -0.15) is 0 Å². The van der Waals surface area contributed by atoms with Crippen LogP contribution >= 0.6 is 0 Å². The molecule has 3 nitrogen and oxygen atoms in total. The zero-order chi connectivity index (χ0) is 19.3. The van der Waals surface area contributed by atoms with Gasteiger partial charge in [0.25, 0.3) is 0 Å². The molecule has 0 amide bonds. The first-order chi connectivity index (χ1) is 12.5. The van der Waals surface area contributed by atoms with Crippen LogP contribution in [0.2, 0.25) is 0 Å². The first-order valence-electron chi connectivity index (χ1n) is 10.5. The number of unbranched alkanes of at least 4 members (excludes halogenated alkanes) is 9. The van der Waals surface area contributed by atoms with E-state index < -0.39 is 10.1 Å². The van der Waals surface area contributed by atoms with E-state index >= 15 is 0 Å². The average molecular weight is 405 g/mol. The van der Waals surface area contributed by atoms with Gasteiger partial charge in [0, 0.05) is 0 Å². The second-order valence-electron chi connectivity index (χ2n) is 7.48. The average Bonchev–Trinajstić information content (AvgIpc) is 2.62. The molecule has 1 aromatic carbocycles. The predicted octanol–water partition coefficient (Wildman–Crippen LogP) is 3.79. The van der Waals surface area contributed by atoms with Crippen molar-refractivity contribution in [2.24, 2.45) is 0 Å². The summed E-state index contributed by atoms with van der Waals surface area (Å²) in [6, 6.07) is 6.59. The van der Waals surface area contributed by atoms with Crippen LogP contribution in [0, 0.1) is 0 Å². The zero-order valence-electron chi connectivity index (χ0n) is 17.7. The Morgan fingerprint density at radius 3 is 1.67 bits per heavy atom. The first-order valence-corrected chi connectivity index (χ1v) is 12.0. The fourth-order valence-corrected chi connectivity index (χ4v) is 4.01. The smallest absolute Gasteiger partial charge is 0.744 e. The number of benzene rings is 1. The first kappa shape index (κ1) is 27.1. The summed E-state index contributed by atoms with van der Waals surface area (Å²) in [7, 11) is -4.35. The molecule has 0 saturated heterocycles. The molecule has 0 radical (unpaired) electrons. The van der Waals surface area contributed by atoms with Gasteiger partial charge < -0.3 is 4.55 Å². The fourth-order valence-electron chi connectivity index (χ4n) is 3.54. The minimum absolute atomic E-state index is 0.